The molecule has 3 heteroatoms. The van der Waals surface area contributed by atoms with Gasteiger partial charge in [-0.2, -0.15) is 0 Å². The zero-order chi connectivity index (χ0) is 9.52. The van der Waals surface area contributed by atoms with Crippen LogP contribution in [0.2, 0.25) is 0 Å². The molecule has 0 saturated heterocycles. The molecule has 0 aliphatic rings. The van der Waals surface area contributed by atoms with Gasteiger partial charge in [0.25, 0.3) is 0 Å². The lowest BCUT2D eigenvalue weighted by Crippen LogP contribution is -1.98. The van der Waals surface area contributed by atoms with Crippen LogP contribution >= 0.6 is 0 Å². The van der Waals surface area contributed by atoms with Crippen molar-refractivity contribution in [1.29, 1.82) is 0 Å². The molecule has 2 nitrogen and oxygen atoms in total. The van der Waals surface area contributed by atoms with Gasteiger partial charge in [-0.3, -0.25) is 0 Å². The Hall–Kier alpha value is -0.963. The number of hydrogen-bond acceptors (Lipinski definition) is 2. The molecular formula is C10H13O2Si. The van der Waals surface area contributed by atoms with Crippen LogP contribution < -0.4 is 9.16 Å². The Labute approximate surface area is 82.4 Å². The van der Waals surface area contributed by atoms with Crippen LogP contribution in [0, 0.1) is 0 Å². The third kappa shape index (κ3) is 3.11. The number of para-hydroxylation sites is 2. The summed E-state index contributed by atoms with van der Waals surface area (Å²) in [7, 11) is 2.98. The average molecular weight is 193 g/mol. The highest BCUT2D eigenvalue weighted by atomic mass is 28.2. The van der Waals surface area contributed by atoms with Crippen molar-refractivity contribution in [1.82, 2.24) is 0 Å². The van der Waals surface area contributed by atoms with Crippen molar-refractivity contribution in [3.63, 3.8) is 0 Å². The first-order valence-corrected chi connectivity index (χ1v) is 4.84. The number of ether oxygens (including phenoxy) is 1. The minimum absolute atomic E-state index is 0.718. The maximum atomic E-state index is 5.51. The van der Waals surface area contributed by atoms with Crippen molar-refractivity contribution in [2.75, 3.05) is 6.61 Å². The predicted octanol–water partition coefficient (Wildman–Crippen LogP) is 2.33. The van der Waals surface area contributed by atoms with Crippen LogP contribution in [0.1, 0.15) is 19.8 Å². The van der Waals surface area contributed by atoms with Crippen LogP contribution in [0.15, 0.2) is 24.3 Å². The highest BCUT2D eigenvalue weighted by molar-refractivity contribution is 6.00. The molecule has 0 spiro atoms. The Balaban J connectivity index is 2.54. The molecule has 0 heterocycles. The van der Waals surface area contributed by atoms with Gasteiger partial charge in [0.1, 0.15) is 5.75 Å². The van der Waals surface area contributed by atoms with E-state index in [9.17, 15) is 0 Å². The van der Waals surface area contributed by atoms with Gasteiger partial charge in [-0.15, -0.1) is 0 Å². The van der Waals surface area contributed by atoms with Crippen molar-refractivity contribution < 1.29 is 9.16 Å². The zero-order valence-electron chi connectivity index (χ0n) is 7.75. The molecule has 69 valence electrons. The van der Waals surface area contributed by atoms with Crippen molar-refractivity contribution >= 4 is 10.5 Å². The molecule has 1 rings (SSSR count). The highest BCUT2D eigenvalue weighted by Gasteiger charge is 2.00. The van der Waals surface area contributed by atoms with Gasteiger partial charge in [0.2, 0.25) is 0 Å². The van der Waals surface area contributed by atoms with E-state index in [0.29, 0.717) is 0 Å². The number of unbranched alkanes of at least 4 members (excludes halogenated alkanes) is 1. The molecule has 0 aliphatic carbocycles. The van der Waals surface area contributed by atoms with Crippen molar-refractivity contribution in [3.8, 4) is 11.5 Å². The number of rotatable bonds is 5. The van der Waals surface area contributed by atoms with Crippen molar-refractivity contribution in [2.24, 2.45) is 0 Å². The van der Waals surface area contributed by atoms with E-state index in [2.05, 4.69) is 17.4 Å². The van der Waals surface area contributed by atoms with Crippen LogP contribution in [0.3, 0.4) is 0 Å². The van der Waals surface area contributed by atoms with Gasteiger partial charge in [0.15, 0.2) is 5.75 Å². The molecule has 3 radical (unpaired) electrons. The maximum absolute atomic E-state index is 5.51. The van der Waals surface area contributed by atoms with Crippen LogP contribution in [0.5, 0.6) is 11.5 Å². The lowest BCUT2D eigenvalue weighted by Gasteiger charge is -2.09. The summed E-state index contributed by atoms with van der Waals surface area (Å²) in [6.45, 7) is 2.87. The van der Waals surface area contributed by atoms with Gasteiger partial charge in [-0.25, -0.2) is 0 Å². The fourth-order valence-electron chi connectivity index (χ4n) is 0.980. The first-order valence-electron chi connectivity index (χ1n) is 4.44. The lowest BCUT2D eigenvalue weighted by molar-refractivity contribution is 0.301. The zero-order valence-corrected chi connectivity index (χ0v) is 8.75. The summed E-state index contributed by atoms with van der Waals surface area (Å²) in [5.74, 6) is 1.50. The summed E-state index contributed by atoms with van der Waals surface area (Å²) in [6.07, 6.45) is 2.20. The maximum Gasteiger partial charge on any atom is 0.341 e. The molecule has 1 aromatic rings. The Kier molecular flexibility index (Phi) is 4.39. The molecule has 0 unspecified atom stereocenters. The second kappa shape index (κ2) is 5.64. The van der Waals surface area contributed by atoms with E-state index in [1.807, 2.05) is 24.3 Å². The minimum Gasteiger partial charge on any atom is -0.538 e. The molecule has 13 heavy (non-hydrogen) atoms. The van der Waals surface area contributed by atoms with E-state index < -0.39 is 0 Å². The largest absolute Gasteiger partial charge is 0.538 e. The number of hydrogen-bond donors (Lipinski definition) is 0. The first kappa shape index (κ1) is 10.1. The normalized spacial score (nSPS) is 9.69. The summed E-state index contributed by atoms with van der Waals surface area (Å²) in [5, 5.41) is 0. The topological polar surface area (TPSA) is 18.5 Å². The van der Waals surface area contributed by atoms with E-state index in [-0.39, 0.29) is 0 Å². The monoisotopic (exact) mass is 193 g/mol. The summed E-state index contributed by atoms with van der Waals surface area (Å²) < 4.78 is 10.5. The van der Waals surface area contributed by atoms with Crippen LogP contribution in [0.4, 0.5) is 0 Å². The molecule has 0 aromatic heterocycles. The molecule has 0 bridgehead atoms. The second-order valence-corrected chi connectivity index (χ2v) is 2.95. The van der Waals surface area contributed by atoms with Gasteiger partial charge >= 0.3 is 10.5 Å². The van der Waals surface area contributed by atoms with Gasteiger partial charge in [-0.1, -0.05) is 25.5 Å². The van der Waals surface area contributed by atoms with E-state index in [0.717, 1.165) is 30.9 Å². The van der Waals surface area contributed by atoms with Crippen LogP contribution in [-0.4, -0.2) is 17.1 Å². The summed E-state index contributed by atoms with van der Waals surface area (Å²) in [5.41, 5.74) is 0. The van der Waals surface area contributed by atoms with Crippen LogP contribution in [-0.2, 0) is 0 Å². The molecule has 0 aliphatic heterocycles. The van der Waals surface area contributed by atoms with Gasteiger partial charge in [0.05, 0.1) is 6.61 Å². The molecular weight excluding hydrogens is 180 g/mol. The Bertz CT molecular complexity index is 250. The standard InChI is InChI=1S/C10H13O2Si/c1-2-3-8-11-9-6-4-5-7-10(9)12-13/h4-7H,2-3,8H2,1H3. The van der Waals surface area contributed by atoms with Crippen LogP contribution in [0.25, 0.3) is 0 Å². The molecule has 0 atom stereocenters. The fraction of sp³-hybridized carbons (Fsp3) is 0.400. The summed E-state index contributed by atoms with van der Waals surface area (Å²) in [6, 6.07) is 7.58. The van der Waals surface area contributed by atoms with E-state index in [4.69, 9.17) is 9.16 Å². The van der Waals surface area contributed by atoms with E-state index >= 15 is 0 Å². The molecule has 0 saturated carbocycles. The van der Waals surface area contributed by atoms with E-state index in [1.54, 1.807) is 0 Å². The predicted molar refractivity (Wildman–Crippen MR) is 53.2 cm³/mol. The molecule has 0 fully saturated rings. The second-order valence-electron chi connectivity index (χ2n) is 2.75. The Morgan fingerprint density at radius 2 is 1.92 bits per heavy atom. The van der Waals surface area contributed by atoms with Crippen molar-refractivity contribution in [2.45, 2.75) is 19.8 Å². The average Bonchev–Trinajstić information content (AvgIpc) is 2.19. The highest BCUT2D eigenvalue weighted by Crippen LogP contribution is 2.25. The third-order valence-electron chi connectivity index (χ3n) is 1.71. The lowest BCUT2D eigenvalue weighted by atomic mass is 10.3. The van der Waals surface area contributed by atoms with Gasteiger partial charge in [-0.05, 0) is 18.6 Å². The Morgan fingerprint density at radius 3 is 2.54 bits per heavy atom. The molecule has 1 aromatic carbocycles. The smallest absolute Gasteiger partial charge is 0.341 e. The number of benzene rings is 1. The SMILES string of the molecule is CCCCOc1ccccc1O[Si]. The Morgan fingerprint density at radius 1 is 1.23 bits per heavy atom. The first-order chi connectivity index (χ1) is 6.38. The van der Waals surface area contributed by atoms with Gasteiger partial charge < -0.3 is 9.16 Å². The fourth-order valence-corrected chi connectivity index (χ4v) is 1.15. The molecule has 0 amide bonds. The van der Waals surface area contributed by atoms with Crippen molar-refractivity contribution in [3.05, 3.63) is 24.3 Å². The van der Waals surface area contributed by atoms with E-state index in [1.165, 1.54) is 0 Å². The molecule has 0 N–H and O–H groups in total. The third-order valence-corrected chi connectivity index (χ3v) is 1.93. The minimum atomic E-state index is 0.718. The van der Waals surface area contributed by atoms with Gasteiger partial charge in [0, 0.05) is 0 Å². The summed E-state index contributed by atoms with van der Waals surface area (Å²) >= 11 is 0. The summed E-state index contributed by atoms with van der Waals surface area (Å²) in [4.78, 5) is 0. The quantitative estimate of drug-likeness (QED) is 0.528.